The van der Waals surface area contributed by atoms with Crippen LogP contribution < -0.4 is 10.6 Å². The minimum atomic E-state index is -0.595. The van der Waals surface area contributed by atoms with Gasteiger partial charge in [-0.3, -0.25) is 19.7 Å². The maximum absolute atomic E-state index is 12.5. The van der Waals surface area contributed by atoms with Gasteiger partial charge in [-0.15, -0.1) is 0 Å². The molecule has 0 saturated carbocycles. The number of anilines is 1. The zero-order valence-corrected chi connectivity index (χ0v) is 15.0. The van der Waals surface area contributed by atoms with Crippen LogP contribution in [-0.4, -0.2) is 22.8 Å². The molecule has 0 radical (unpaired) electrons. The molecule has 1 atom stereocenters. The second-order valence-corrected chi connectivity index (χ2v) is 6.11. The maximum atomic E-state index is 12.5. The number of carbonyl (C=O) groups excluding carboxylic acids is 2. The van der Waals surface area contributed by atoms with E-state index in [0.717, 1.165) is 12.5 Å². The lowest BCUT2D eigenvalue weighted by molar-refractivity contribution is -0.384. The van der Waals surface area contributed by atoms with Crippen molar-refractivity contribution in [1.29, 1.82) is 0 Å². The van der Waals surface area contributed by atoms with Gasteiger partial charge in [0.1, 0.15) is 0 Å². The number of halogens is 1. The molecule has 2 rings (SSSR count). The van der Waals surface area contributed by atoms with Crippen molar-refractivity contribution in [2.24, 2.45) is 0 Å². The van der Waals surface area contributed by atoms with E-state index in [1.165, 1.54) is 12.1 Å². The van der Waals surface area contributed by atoms with E-state index >= 15 is 0 Å². The summed E-state index contributed by atoms with van der Waals surface area (Å²) >= 11 is 5.98. The van der Waals surface area contributed by atoms with Crippen LogP contribution in [0.25, 0.3) is 0 Å². The Balaban J connectivity index is 2.25. The largest absolute Gasteiger partial charge is 0.350 e. The zero-order valence-electron chi connectivity index (χ0n) is 14.3. The average molecular weight is 376 g/mol. The first-order chi connectivity index (χ1) is 12.3. The molecule has 0 spiro atoms. The first-order valence-electron chi connectivity index (χ1n) is 7.98. The summed E-state index contributed by atoms with van der Waals surface area (Å²) in [5.74, 6) is -0.862. The molecule has 0 bridgehead atoms. The predicted octanol–water partition coefficient (Wildman–Crippen LogP) is 4.03. The highest BCUT2D eigenvalue weighted by Crippen LogP contribution is 2.24. The third-order valence-electron chi connectivity index (χ3n) is 3.82. The summed E-state index contributed by atoms with van der Waals surface area (Å²) in [5, 5.41) is 16.2. The molecule has 0 aliphatic carbocycles. The Labute approximate surface area is 155 Å². The minimum Gasteiger partial charge on any atom is -0.350 e. The lowest BCUT2D eigenvalue weighted by Crippen LogP contribution is -2.32. The molecule has 0 saturated heterocycles. The Kier molecular flexibility index (Phi) is 6.30. The normalized spacial score (nSPS) is 11.5. The highest BCUT2D eigenvalue weighted by atomic mass is 35.5. The number of hydrogen-bond acceptors (Lipinski definition) is 4. The molecule has 0 aliphatic rings. The Morgan fingerprint density at radius 1 is 1.15 bits per heavy atom. The number of rotatable bonds is 6. The van der Waals surface area contributed by atoms with Crippen LogP contribution in [0.2, 0.25) is 5.02 Å². The summed E-state index contributed by atoms with van der Waals surface area (Å²) in [5.41, 5.74) is 0.515. The van der Waals surface area contributed by atoms with Gasteiger partial charge in [0.15, 0.2) is 0 Å². The molecule has 136 valence electrons. The quantitative estimate of drug-likeness (QED) is 0.587. The van der Waals surface area contributed by atoms with Gasteiger partial charge >= 0.3 is 0 Å². The fourth-order valence-electron chi connectivity index (χ4n) is 2.19. The number of carbonyl (C=O) groups is 2. The summed E-state index contributed by atoms with van der Waals surface area (Å²) in [6.07, 6.45) is 0.776. The molecule has 0 fully saturated rings. The molecular formula is C18H18ClN3O4. The Bertz CT molecular complexity index is 854. The van der Waals surface area contributed by atoms with Gasteiger partial charge in [-0.05, 0) is 31.5 Å². The van der Waals surface area contributed by atoms with Gasteiger partial charge in [0.25, 0.3) is 17.5 Å². The third-order valence-corrected chi connectivity index (χ3v) is 4.13. The van der Waals surface area contributed by atoms with Gasteiger partial charge < -0.3 is 10.6 Å². The number of amides is 2. The summed E-state index contributed by atoms with van der Waals surface area (Å²) in [7, 11) is 0. The van der Waals surface area contributed by atoms with E-state index in [9.17, 15) is 19.7 Å². The van der Waals surface area contributed by atoms with Crippen molar-refractivity contribution in [3.63, 3.8) is 0 Å². The molecule has 7 nitrogen and oxygen atoms in total. The van der Waals surface area contributed by atoms with E-state index in [1.54, 1.807) is 24.3 Å². The SMILES string of the molecule is CCC(C)NC(=O)c1ccccc1NC(=O)c1ccc([N+](=O)[O-])cc1Cl. The molecule has 0 aromatic heterocycles. The molecule has 2 aromatic rings. The van der Waals surface area contributed by atoms with Crippen LogP contribution in [0.1, 0.15) is 41.0 Å². The van der Waals surface area contributed by atoms with Gasteiger partial charge in [0.2, 0.25) is 0 Å². The highest BCUT2D eigenvalue weighted by molar-refractivity contribution is 6.34. The van der Waals surface area contributed by atoms with Gasteiger partial charge in [0.05, 0.1) is 26.8 Å². The monoisotopic (exact) mass is 375 g/mol. The number of nitro groups is 1. The van der Waals surface area contributed by atoms with Crippen molar-refractivity contribution in [3.05, 3.63) is 68.7 Å². The van der Waals surface area contributed by atoms with Crippen LogP contribution in [0.15, 0.2) is 42.5 Å². The van der Waals surface area contributed by atoms with Gasteiger partial charge in [-0.1, -0.05) is 30.7 Å². The molecule has 0 aliphatic heterocycles. The fraction of sp³-hybridized carbons (Fsp3) is 0.222. The first-order valence-corrected chi connectivity index (χ1v) is 8.36. The predicted molar refractivity (Wildman–Crippen MR) is 99.7 cm³/mol. The summed E-state index contributed by atoms with van der Waals surface area (Å²) in [6.45, 7) is 3.84. The summed E-state index contributed by atoms with van der Waals surface area (Å²) < 4.78 is 0. The number of nitrogens with zero attached hydrogens (tertiary/aromatic N) is 1. The number of benzene rings is 2. The van der Waals surface area contributed by atoms with Crippen LogP contribution in [-0.2, 0) is 0 Å². The molecule has 1 unspecified atom stereocenters. The number of nitro benzene ring substituents is 1. The van der Waals surface area contributed by atoms with Crippen molar-refractivity contribution in [2.75, 3.05) is 5.32 Å². The van der Waals surface area contributed by atoms with Gasteiger partial charge in [-0.2, -0.15) is 0 Å². The number of para-hydroxylation sites is 1. The van der Waals surface area contributed by atoms with Crippen molar-refractivity contribution >= 4 is 34.8 Å². The number of non-ortho nitro benzene ring substituents is 1. The molecule has 0 heterocycles. The summed E-state index contributed by atoms with van der Waals surface area (Å²) in [6, 6.07) is 10.2. The topological polar surface area (TPSA) is 101 Å². The van der Waals surface area contributed by atoms with Crippen molar-refractivity contribution in [2.45, 2.75) is 26.3 Å². The fourth-order valence-corrected chi connectivity index (χ4v) is 2.45. The van der Waals surface area contributed by atoms with E-state index < -0.39 is 10.8 Å². The zero-order chi connectivity index (χ0) is 19.3. The van der Waals surface area contributed by atoms with E-state index in [1.807, 2.05) is 13.8 Å². The standard InChI is InChI=1S/C18H18ClN3O4/c1-3-11(2)20-18(24)14-6-4-5-7-16(14)21-17(23)13-9-8-12(22(25)26)10-15(13)19/h4-11H,3H2,1-2H3,(H,20,24)(H,21,23). The average Bonchev–Trinajstić information content (AvgIpc) is 2.61. The summed E-state index contributed by atoms with van der Waals surface area (Å²) in [4.78, 5) is 35.0. The van der Waals surface area contributed by atoms with Crippen LogP contribution in [0.5, 0.6) is 0 Å². The van der Waals surface area contributed by atoms with Gasteiger partial charge in [0, 0.05) is 18.2 Å². The molecule has 26 heavy (non-hydrogen) atoms. The van der Waals surface area contributed by atoms with E-state index in [0.29, 0.717) is 11.3 Å². The lowest BCUT2D eigenvalue weighted by atomic mass is 10.1. The van der Waals surface area contributed by atoms with Gasteiger partial charge in [-0.25, -0.2) is 0 Å². The van der Waals surface area contributed by atoms with Crippen LogP contribution >= 0.6 is 11.6 Å². The van der Waals surface area contributed by atoms with E-state index in [2.05, 4.69) is 10.6 Å². The Morgan fingerprint density at radius 2 is 1.85 bits per heavy atom. The molecular weight excluding hydrogens is 358 g/mol. The van der Waals surface area contributed by atoms with Crippen molar-refractivity contribution < 1.29 is 14.5 Å². The van der Waals surface area contributed by atoms with Crippen molar-refractivity contribution in [1.82, 2.24) is 5.32 Å². The minimum absolute atomic E-state index is 0.00428. The second kappa shape index (κ2) is 8.44. The second-order valence-electron chi connectivity index (χ2n) is 5.70. The Morgan fingerprint density at radius 3 is 2.46 bits per heavy atom. The third kappa shape index (κ3) is 4.58. The van der Waals surface area contributed by atoms with Crippen molar-refractivity contribution in [3.8, 4) is 0 Å². The molecule has 2 aromatic carbocycles. The van der Waals surface area contributed by atoms with Crippen LogP contribution in [0.4, 0.5) is 11.4 Å². The first kappa shape index (κ1) is 19.4. The maximum Gasteiger partial charge on any atom is 0.270 e. The lowest BCUT2D eigenvalue weighted by Gasteiger charge is -2.15. The Hall–Kier alpha value is -2.93. The smallest absolute Gasteiger partial charge is 0.270 e. The number of hydrogen-bond donors (Lipinski definition) is 2. The highest BCUT2D eigenvalue weighted by Gasteiger charge is 2.18. The van der Waals surface area contributed by atoms with Crippen LogP contribution in [0.3, 0.4) is 0 Å². The van der Waals surface area contributed by atoms with Crippen LogP contribution in [0, 0.1) is 10.1 Å². The molecule has 2 N–H and O–H groups in total. The van der Waals surface area contributed by atoms with E-state index in [-0.39, 0.29) is 28.2 Å². The van der Waals surface area contributed by atoms with E-state index in [4.69, 9.17) is 11.6 Å². The number of nitrogens with one attached hydrogen (secondary N) is 2. The molecule has 8 heteroatoms. The molecule has 2 amide bonds.